The second kappa shape index (κ2) is 7.64. The van der Waals surface area contributed by atoms with Crippen LogP contribution in [-0.2, 0) is 4.79 Å². The minimum atomic E-state index is -0.981. The van der Waals surface area contributed by atoms with Crippen LogP contribution >= 0.6 is 0 Å². The van der Waals surface area contributed by atoms with Crippen LogP contribution in [0.15, 0.2) is 24.3 Å². The highest BCUT2D eigenvalue weighted by Gasteiger charge is 2.25. The summed E-state index contributed by atoms with van der Waals surface area (Å²) in [5.41, 5.74) is -0.293. The topological polar surface area (TPSA) is 87.7 Å². The number of aromatic carboxylic acids is 1. The number of carboxylic acids is 1. The molecular weight excluding hydrogens is 272 g/mol. The molecule has 3 N–H and O–H groups in total. The van der Waals surface area contributed by atoms with Crippen molar-refractivity contribution in [2.45, 2.75) is 13.8 Å². The van der Waals surface area contributed by atoms with Gasteiger partial charge in [-0.15, -0.1) is 0 Å². The number of rotatable bonds is 8. The monoisotopic (exact) mass is 294 g/mol. The van der Waals surface area contributed by atoms with Crippen LogP contribution in [0.1, 0.15) is 24.2 Å². The molecule has 116 valence electrons. The molecule has 0 unspecified atom stereocenters. The maximum Gasteiger partial charge on any atom is 0.335 e. The molecule has 0 radical (unpaired) electrons. The standard InChI is InChI=1S/C15H22N2O4/c1-15(2,14(20)16-3)10-17-7-8-21-12-6-4-5-11(9-12)13(18)19/h4-6,9,17H,7-8,10H2,1-3H3,(H,16,20)(H,18,19). The highest BCUT2D eigenvalue weighted by molar-refractivity contribution is 5.88. The van der Waals surface area contributed by atoms with Crippen LogP contribution < -0.4 is 15.4 Å². The number of carbonyl (C=O) groups is 2. The van der Waals surface area contributed by atoms with Gasteiger partial charge in [-0.1, -0.05) is 6.07 Å². The maximum atomic E-state index is 11.6. The molecule has 0 saturated carbocycles. The van der Waals surface area contributed by atoms with E-state index in [2.05, 4.69) is 10.6 Å². The van der Waals surface area contributed by atoms with Gasteiger partial charge in [0.05, 0.1) is 11.0 Å². The number of carboxylic acid groups (broad SMARTS) is 1. The highest BCUT2D eigenvalue weighted by atomic mass is 16.5. The van der Waals surface area contributed by atoms with Gasteiger partial charge in [-0.05, 0) is 32.0 Å². The van der Waals surface area contributed by atoms with E-state index in [0.717, 1.165) is 0 Å². The zero-order valence-corrected chi connectivity index (χ0v) is 12.6. The third-order valence-electron chi connectivity index (χ3n) is 3.04. The van der Waals surface area contributed by atoms with E-state index in [0.29, 0.717) is 25.4 Å². The van der Waals surface area contributed by atoms with E-state index < -0.39 is 11.4 Å². The van der Waals surface area contributed by atoms with Crippen LogP contribution in [0.3, 0.4) is 0 Å². The van der Waals surface area contributed by atoms with Crippen LogP contribution in [0.25, 0.3) is 0 Å². The van der Waals surface area contributed by atoms with Crippen molar-refractivity contribution in [3.63, 3.8) is 0 Å². The Hall–Kier alpha value is -2.08. The van der Waals surface area contributed by atoms with Crippen molar-refractivity contribution in [3.8, 4) is 5.75 Å². The molecule has 0 aliphatic carbocycles. The molecule has 1 aromatic carbocycles. The fraction of sp³-hybridized carbons (Fsp3) is 0.467. The molecule has 1 amide bonds. The summed E-state index contributed by atoms with van der Waals surface area (Å²) < 4.78 is 5.47. The first kappa shape index (κ1) is 17.0. The van der Waals surface area contributed by atoms with Crippen LogP contribution in [0.4, 0.5) is 0 Å². The zero-order chi connectivity index (χ0) is 15.9. The van der Waals surface area contributed by atoms with E-state index in [1.165, 1.54) is 12.1 Å². The lowest BCUT2D eigenvalue weighted by molar-refractivity contribution is -0.128. The van der Waals surface area contributed by atoms with Crippen LogP contribution in [-0.4, -0.2) is 43.7 Å². The Morgan fingerprint density at radius 1 is 1.33 bits per heavy atom. The highest BCUT2D eigenvalue weighted by Crippen LogP contribution is 2.14. The molecule has 6 nitrogen and oxygen atoms in total. The Morgan fingerprint density at radius 3 is 2.67 bits per heavy atom. The first-order valence-electron chi connectivity index (χ1n) is 6.76. The van der Waals surface area contributed by atoms with Crippen molar-refractivity contribution >= 4 is 11.9 Å². The predicted molar refractivity (Wildman–Crippen MR) is 79.6 cm³/mol. The molecule has 21 heavy (non-hydrogen) atoms. The van der Waals surface area contributed by atoms with Gasteiger partial charge in [0.1, 0.15) is 12.4 Å². The summed E-state index contributed by atoms with van der Waals surface area (Å²) >= 11 is 0. The number of amides is 1. The van der Waals surface area contributed by atoms with E-state index in [1.807, 2.05) is 13.8 Å². The van der Waals surface area contributed by atoms with Gasteiger partial charge in [-0.25, -0.2) is 4.79 Å². The van der Waals surface area contributed by atoms with E-state index in [4.69, 9.17) is 9.84 Å². The Morgan fingerprint density at radius 2 is 2.05 bits per heavy atom. The van der Waals surface area contributed by atoms with E-state index in [9.17, 15) is 9.59 Å². The summed E-state index contributed by atoms with van der Waals surface area (Å²) in [6, 6.07) is 6.35. The van der Waals surface area contributed by atoms with Crippen molar-refractivity contribution in [3.05, 3.63) is 29.8 Å². The van der Waals surface area contributed by atoms with Crippen molar-refractivity contribution in [1.82, 2.24) is 10.6 Å². The van der Waals surface area contributed by atoms with Gasteiger partial charge in [-0.2, -0.15) is 0 Å². The molecule has 0 bridgehead atoms. The van der Waals surface area contributed by atoms with Gasteiger partial charge in [-0.3, -0.25) is 4.79 Å². The van der Waals surface area contributed by atoms with Gasteiger partial charge < -0.3 is 20.5 Å². The molecule has 0 heterocycles. The summed E-state index contributed by atoms with van der Waals surface area (Å²) in [6.45, 7) is 5.21. The summed E-state index contributed by atoms with van der Waals surface area (Å²) in [7, 11) is 1.61. The molecule has 0 aliphatic rings. The Labute approximate surface area is 124 Å². The SMILES string of the molecule is CNC(=O)C(C)(C)CNCCOc1cccc(C(=O)O)c1. The zero-order valence-electron chi connectivity index (χ0n) is 12.6. The average molecular weight is 294 g/mol. The lowest BCUT2D eigenvalue weighted by atomic mass is 9.92. The van der Waals surface area contributed by atoms with E-state index >= 15 is 0 Å². The normalized spacial score (nSPS) is 11.0. The second-order valence-corrected chi connectivity index (χ2v) is 5.32. The Bertz CT molecular complexity index is 500. The summed E-state index contributed by atoms with van der Waals surface area (Å²) in [5, 5.41) is 14.6. The average Bonchev–Trinajstić information content (AvgIpc) is 2.46. The van der Waals surface area contributed by atoms with Crippen molar-refractivity contribution in [2.75, 3.05) is 26.7 Å². The van der Waals surface area contributed by atoms with Gasteiger partial charge in [0.25, 0.3) is 0 Å². The second-order valence-electron chi connectivity index (χ2n) is 5.32. The van der Waals surface area contributed by atoms with Gasteiger partial charge in [0.2, 0.25) is 5.91 Å². The molecular formula is C15H22N2O4. The lowest BCUT2D eigenvalue weighted by Gasteiger charge is -2.22. The number of benzene rings is 1. The number of ether oxygens (including phenoxy) is 1. The summed E-state index contributed by atoms with van der Waals surface area (Å²) in [5.74, 6) is -0.488. The number of hydrogen-bond donors (Lipinski definition) is 3. The summed E-state index contributed by atoms with van der Waals surface area (Å²) in [6.07, 6.45) is 0. The molecule has 1 aromatic rings. The van der Waals surface area contributed by atoms with Gasteiger partial charge >= 0.3 is 5.97 Å². The molecule has 0 aromatic heterocycles. The fourth-order valence-electron chi connectivity index (χ4n) is 1.78. The largest absolute Gasteiger partial charge is 0.492 e. The molecule has 0 fully saturated rings. The quantitative estimate of drug-likeness (QED) is 0.626. The maximum absolute atomic E-state index is 11.6. The third-order valence-corrected chi connectivity index (χ3v) is 3.04. The predicted octanol–water partition coefficient (Wildman–Crippen LogP) is 1.13. The van der Waals surface area contributed by atoms with Crippen LogP contribution in [0, 0.1) is 5.41 Å². The minimum Gasteiger partial charge on any atom is -0.492 e. The molecule has 6 heteroatoms. The number of hydrogen-bond acceptors (Lipinski definition) is 4. The van der Waals surface area contributed by atoms with Crippen molar-refractivity contribution in [2.24, 2.45) is 5.41 Å². The van der Waals surface area contributed by atoms with Crippen LogP contribution in [0.5, 0.6) is 5.75 Å². The smallest absolute Gasteiger partial charge is 0.335 e. The minimum absolute atomic E-state index is 0.0231. The first-order chi connectivity index (χ1) is 9.86. The van der Waals surface area contributed by atoms with Crippen molar-refractivity contribution in [1.29, 1.82) is 0 Å². The molecule has 0 atom stereocenters. The fourth-order valence-corrected chi connectivity index (χ4v) is 1.78. The van der Waals surface area contributed by atoms with Crippen molar-refractivity contribution < 1.29 is 19.4 Å². The molecule has 0 spiro atoms. The molecule has 1 rings (SSSR count). The third kappa shape index (κ3) is 5.43. The molecule has 0 aliphatic heterocycles. The van der Waals surface area contributed by atoms with E-state index in [1.54, 1.807) is 19.2 Å². The van der Waals surface area contributed by atoms with Crippen LogP contribution in [0.2, 0.25) is 0 Å². The lowest BCUT2D eigenvalue weighted by Crippen LogP contribution is -2.42. The summed E-state index contributed by atoms with van der Waals surface area (Å²) in [4.78, 5) is 22.4. The number of carbonyl (C=O) groups excluding carboxylic acids is 1. The van der Waals surface area contributed by atoms with E-state index in [-0.39, 0.29) is 11.5 Å². The molecule has 0 saturated heterocycles. The van der Waals surface area contributed by atoms with Gasteiger partial charge in [0.15, 0.2) is 0 Å². The number of nitrogens with one attached hydrogen (secondary N) is 2. The first-order valence-corrected chi connectivity index (χ1v) is 6.76. The Balaban J connectivity index is 2.33. The Kier molecular flexibility index (Phi) is 6.17. The van der Waals surface area contributed by atoms with Gasteiger partial charge in [0, 0.05) is 20.1 Å².